The molecule has 1 unspecified atom stereocenters. The Morgan fingerprint density at radius 1 is 0.324 bits per heavy atom. The van der Waals surface area contributed by atoms with Gasteiger partial charge in [-0.2, -0.15) is 0 Å². The molecular weight excluding hydrogens is 875 g/mol. The number of hydrogen-bond acceptors (Lipinski definition) is 0. The van der Waals surface area contributed by atoms with Crippen LogP contribution in [0, 0.1) is 0 Å². The molecule has 0 fully saturated rings. The second-order valence-corrected chi connectivity index (χ2v) is 22.9. The Hall–Kier alpha value is -8.80. The molecule has 0 aliphatic carbocycles. The predicted octanol–water partition coefficient (Wildman–Crippen LogP) is 14.5. The maximum absolute atomic E-state index is 2.97. The number of aromatic nitrogens is 2. The predicted molar refractivity (Wildman–Crippen MR) is 303 cm³/mol. The molecule has 1 atom stereocenters. The summed E-state index contributed by atoms with van der Waals surface area (Å²) in [6.07, 6.45) is 0. The first-order valence-electron chi connectivity index (χ1n) is 24.6. The summed E-state index contributed by atoms with van der Waals surface area (Å²) in [5.74, 6) is 0. The lowest BCUT2D eigenvalue weighted by atomic mass is 10.0. The van der Waals surface area contributed by atoms with Gasteiger partial charge in [-0.3, -0.25) is 0 Å². The zero-order valence-corrected chi connectivity index (χ0v) is 40.3. The van der Waals surface area contributed by atoms with Gasteiger partial charge in [0.15, 0.2) is 19.4 Å². The van der Waals surface area contributed by atoms with E-state index in [1.165, 1.54) is 109 Å². The Balaban J connectivity index is 0.964. The second-order valence-electron chi connectivity index (χ2n) is 19.1. The summed E-state index contributed by atoms with van der Waals surface area (Å²) in [5, 5.41) is 10.4. The summed E-state index contributed by atoms with van der Waals surface area (Å²) in [5.41, 5.74) is 16.0. The molecule has 1 aliphatic heterocycles. The molecule has 2 aromatic heterocycles. The number of para-hydroxylation sites is 5. The summed E-state index contributed by atoms with van der Waals surface area (Å²) >= 11 is 0. The van der Waals surface area contributed by atoms with Crippen molar-refractivity contribution >= 4 is 89.5 Å². The van der Waals surface area contributed by atoms with Crippen LogP contribution in [0.1, 0.15) is 0 Å². The highest BCUT2D eigenvalue weighted by Gasteiger charge is 2.47. The maximum atomic E-state index is 2.55. The van der Waals surface area contributed by atoms with Crippen molar-refractivity contribution in [2.45, 2.75) is 0 Å². The maximum Gasteiger partial charge on any atom is 0.179 e. The smallest absolute Gasteiger partial charge is 0.179 e. The van der Waals surface area contributed by atoms with Crippen molar-refractivity contribution in [3.8, 4) is 33.6 Å². The molecule has 13 aromatic rings. The molecule has 334 valence electrons. The highest BCUT2D eigenvalue weighted by atomic mass is 28.3. The van der Waals surface area contributed by atoms with Gasteiger partial charge in [0.05, 0.1) is 40.2 Å². The molecule has 0 amide bonds. The molecule has 11 aromatic carbocycles. The van der Waals surface area contributed by atoms with Crippen LogP contribution < -0.4 is 25.2 Å². The van der Waals surface area contributed by atoms with E-state index in [0.29, 0.717) is 4.48 Å². The minimum Gasteiger partial charge on any atom is -0.309 e. The van der Waals surface area contributed by atoms with Crippen LogP contribution in [0.15, 0.2) is 273 Å². The van der Waals surface area contributed by atoms with Crippen molar-refractivity contribution < 1.29 is 0 Å². The zero-order chi connectivity index (χ0) is 47.1. The summed E-state index contributed by atoms with van der Waals surface area (Å²) in [7, 11) is -0.568. The molecule has 3 heterocycles. The van der Waals surface area contributed by atoms with Crippen LogP contribution in [0.25, 0.3) is 77.2 Å². The molecule has 0 bridgehead atoms. The number of nitrogens with zero attached hydrogens (tertiary/aromatic N) is 3. The van der Waals surface area contributed by atoms with Crippen LogP contribution in [-0.2, 0) is 0 Å². The van der Waals surface area contributed by atoms with Crippen molar-refractivity contribution in [2.75, 3.05) is 7.05 Å². The third-order valence-corrected chi connectivity index (χ3v) is 20.3. The first-order chi connectivity index (χ1) is 35.1. The summed E-state index contributed by atoms with van der Waals surface area (Å²) < 4.78 is 5.42. The lowest BCUT2D eigenvalue weighted by Crippen LogP contribution is -2.74. The van der Waals surface area contributed by atoms with Gasteiger partial charge >= 0.3 is 0 Å². The van der Waals surface area contributed by atoms with Crippen LogP contribution in [0.5, 0.6) is 0 Å². The molecule has 0 saturated carbocycles. The van der Waals surface area contributed by atoms with E-state index in [1.807, 2.05) is 0 Å². The minimum absolute atomic E-state index is 0.543. The monoisotopic (exact) mass is 922 g/mol. The van der Waals surface area contributed by atoms with E-state index in [-0.39, 0.29) is 0 Å². The van der Waals surface area contributed by atoms with E-state index in [2.05, 4.69) is 289 Å². The fourth-order valence-corrected chi connectivity index (χ4v) is 17.1. The first-order valence-corrected chi connectivity index (χ1v) is 26.6. The largest absolute Gasteiger partial charge is 0.309 e. The molecule has 14 rings (SSSR count). The van der Waals surface area contributed by atoms with E-state index in [9.17, 15) is 0 Å². The van der Waals surface area contributed by atoms with Crippen molar-refractivity contribution in [1.82, 2.24) is 13.6 Å². The first kappa shape index (κ1) is 41.2. The van der Waals surface area contributed by atoms with Gasteiger partial charge in [-0.15, -0.1) is 0 Å². The van der Waals surface area contributed by atoms with Gasteiger partial charge in [0, 0.05) is 51.1 Å². The SMILES string of the molecule is C[N+]1(c2cccc([Si](c3ccccc3)(c3ccccc3)c3ccc(-c4ccc5c(c4)c4ccccc4n5-c4ccccc4)cc3)c2)c2ccccc2-c2c1ccc1c3ccccc3n(-c3ccccc3)c21. The van der Waals surface area contributed by atoms with E-state index in [0.717, 1.165) is 5.69 Å². The highest BCUT2D eigenvalue weighted by molar-refractivity contribution is 7.20. The van der Waals surface area contributed by atoms with Gasteiger partial charge in [-0.05, 0) is 98.6 Å². The molecule has 0 radical (unpaired) electrons. The average molecular weight is 923 g/mol. The van der Waals surface area contributed by atoms with Gasteiger partial charge in [0.2, 0.25) is 0 Å². The van der Waals surface area contributed by atoms with Gasteiger partial charge in [0.1, 0.15) is 5.69 Å². The van der Waals surface area contributed by atoms with E-state index in [4.69, 9.17) is 0 Å². The molecule has 3 nitrogen and oxygen atoms in total. The Morgan fingerprint density at radius 3 is 1.51 bits per heavy atom. The average Bonchev–Trinajstić information content (AvgIpc) is 4.06. The van der Waals surface area contributed by atoms with Crippen LogP contribution in [-0.4, -0.2) is 24.3 Å². The molecule has 0 N–H and O–H groups in total. The second kappa shape index (κ2) is 16.1. The normalized spacial score (nSPS) is 14.3. The van der Waals surface area contributed by atoms with Crippen molar-refractivity contribution in [2.24, 2.45) is 0 Å². The summed E-state index contributed by atoms with van der Waals surface area (Å²) in [4.78, 5) is 0. The molecule has 1 aliphatic rings. The summed E-state index contributed by atoms with van der Waals surface area (Å²) in [6.45, 7) is 0. The van der Waals surface area contributed by atoms with Gasteiger partial charge in [0.25, 0.3) is 0 Å². The Kier molecular flexibility index (Phi) is 9.37. The molecule has 0 spiro atoms. The quantitative estimate of drug-likeness (QED) is 0.0816. The van der Waals surface area contributed by atoms with Gasteiger partial charge < -0.3 is 9.13 Å². The number of fused-ring (bicyclic) bond motifs is 10. The third-order valence-electron chi connectivity index (χ3n) is 15.5. The van der Waals surface area contributed by atoms with Gasteiger partial charge in [-0.25, -0.2) is 4.48 Å². The summed E-state index contributed by atoms with van der Waals surface area (Å²) in [6, 6.07) is 102. The van der Waals surface area contributed by atoms with E-state index in [1.54, 1.807) is 0 Å². The third kappa shape index (κ3) is 6.05. The topological polar surface area (TPSA) is 9.86 Å². The number of quaternary nitrogens is 1. The van der Waals surface area contributed by atoms with Crippen molar-refractivity contribution in [1.29, 1.82) is 0 Å². The highest BCUT2D eigenvalue weighted by Crippen LogP contribution is 2.59. The van der Waals surface area contributed by atoms with Crippen molar-refractivity contribution in [3.63, 3.8) is 0 Å². The Bertz CT molecular complexity index is 4120. The number of benzene rings is 11. The van der Waals surface area contributed by atoms with Crippen LogP contribution in [0.3, 0.4) is 0 Å². The fraction of sp³-hybridized carbons (Fsp3) is 0.0149. The molecular formula is C67H48N3Si+. The number of rotatable bonds is 8. The fourth-order valence-electron chi connectivity index (χ4n) is 12.3. The zero-order valence-electron chi connectivity index (χ0n) is 39.3. The van der Waals surface area contributed by atoms with Gasteiger partial charge in [-0.1, -0.05) is 188 Å². The molecule has 4 heteroatoms. The standard InChI is InChI=1S/C67H48N3Si/c1-70(64-36-19-16-33-59(64)66-65(70)44-42-58-56-31-14-18-35-62(56)69(67(58)66)50-23-8-3-9-24-50)51-25-20-30-55(46-51)71(52-26-10-4-11-27-52,53-28-12-5-13-29-53)54-40-37-47(38-41-54)48-39-43-63-60(45-48)57-32-15-17-34-61(57)68(63)49-21-6-2-7-22-49/h2-46H,1H3/q+1. The lowest BCUT2D eigenvalue weighted by Gasteiger charge is -2.36. The van der Waals surface area contributed by atoms with E-state index < -0.39 is 8.07 Å². The lowest BCUT2D eigenvalue weighted by molar-refractivity contribution is 0.643. The van der Waals surface area contributed by atoms with Crippen LogP contribution in [0.4, 0.5) is 17.1 Å². The Morgan fingerprint density at radius 2 is 0.831 bits per heavy atom. The number of hydrogen-bond donors (Lipinski definition) is 0. The Labute approximate surface area is 414 Å². The molecule has 71 heavy (non-hydrogen) atoms. The minimum atomic E-state index is -2.97. The van der Waals surface area contributed by atoms with Crippen molar-refractivity contribution in [3.05, 3.63) is 273 Å². The molecule has 0 saturated heterocycles. The van der Waals surface area contributed by atoms with Crippen LogP contribution >= 0.6 is 0 Å². The van der Waals surface area contributed by atoms with Crippen LogP contribution in [0.2, 0.25) is 0 Å². The van der Waals surface area contributed by atoms with E-state index >= 15 is 0 Å².